The van der Waals surface area contributed by atoms with E-state index in [1.165, 1.54) is 29.3 Å². The van der Waals surface area contributed by atoms with Crippen molar-refractivity contribution in [3.05, 3.63) is 61.4 Å². The zero-order valence-corrected chi connectivity index (χ0v) is 14.2. The molecule has 0 fully saturated rings. The van der Waals surface area contributed by atoms with Gasteiger partial charge in [-0.25, -0.2) is 9.80 Å². The Morgan fingerprint density at radius 1 is 1.56 bits per heavy atom. The summed E-state index contributed by atoms with van der Waals surface area (Å²) in [4.78, 5) is 39.1. The van der Waals surface area contributed by atoms with Crippen molar-refractivity contribution in [1.82, 2.24) is 14.6 Å². The Kier molecular flexibility index (Phi) is 4.41. The Bertz CT molecular complexity index is 971. The van der Waals surface area contributed by atoms with Gasteiger partial charge in [-0.15, -0.1) is 17.9 Å². The number of aromatic nitrogens is 2. The van der Waals surface area contributed by atoms with E-state index < -0.39 is 17.1 Å². The fraction of sp³-hybridized carbons (Fsp3) is 0.250. The molecular weight excluding hydrogens is 344 g/mol. The highest BCUT2D eigenvalue weighted by Crippen LogP contribution is 2.35. The van der Waals surface area contributed by atoms with E-state index in [2.05, 4.69) is 16.7 Å². The molecule has 9 heteroatoms. The maximum absolute atomic E-state index is 12.2. The molecule has 8 nitrogen and oxygen atoms in total. The van der Waals surface area contributed by atoms with Gasteiger partial charge in [-0.05, 0) is 11.4 Å². The fourth-order valence-electron chi connectivity index (χ4n) is 2.77. The number of hydrogen-bond acceptors (Lipinski definition) is 6. The zero-order chi connectivity index (χ0) is 18.1. The highest BCUT2D eigenvalue weighted by atomic mass is 32.1. The van der Waals surface area contributed by atoms with Crippen molar-refractivity contribution in [3.63, 3.8) is 0 Å². The molecule has 1 atom stereocenters. The molecule has 0 spiro atoms. The van der Waals surface area contributed by atoms with Gasteiger partial charge in [-0.1, -0.05) is 12.1 Å². The molecule has 1 aliphatic heterocycles. The monoisotopic (exact) mass is 360 g/mol. The average molecular weight is 360 g/mol. The van der Waals surface area contributed by atoms with E-state index >= 15 is 0 Å². The van der Waals surface area contributed by atoms with Crippen molar-refractivity contribution >= 4 is 23.0 Å². The number of amides is 1. The molecule has 1 amide bonds. The van der Waals surface area contributed by atoms with Crippen LogP contribution in [-0.2, 0) is 11.3 Å². The van der Waals surface area contributed by atoms with E-state index in [4.69, 9.17) is 0 Å². The molecule has 0 saturated heterocycles. The van der Waals surface area contributed by atoms with Crippen LogP contribution in [0.25, 0.3) is 0 Å². The minimum absolute atomic E-state index is 0.0342. The lowest BCUT2D eigenvalue weighted by atomic mass is 10.0. The lowest BCUT2D eigenvalue weighted by molar-refractivity contribution is -0.130. The van der Waals surface area contributed by atoms with Crippen molar-refractivity contribution in [1.29, 1.82) is 0 Å². The number of aromatic amines is 1. The van der Waals surface area contributed by atoms with Crippen molar-refractivity contribution in [2.75, 3.05) is 0 Å². The SMILES string of the molecule is C=CCn1c(O)c(C2=NN(C(C)=O)[C@H](c3cccs3)C2)c(=O)[nH]c1=O. The predicted molar refractivity (Wildman–Crippen MR) is 93.9 cm³/mol. The Morgan fingerprint density at radius 3 is 2.92 bits per heavy atom. The third-order valence-electron chi connectivity index (χ3n) is 3.88. The van der Waals surface area contributed by atoms with E-state index in [0.717, 1.165) is 9.44 Å². The van der Waals surface area contributed by atoms with Crippen LogP contribution in [0, 0.1) is 0 Å². The summed E-state index contributed by atoms with van der Waals surface area (Å²) in [5, 5.41) is 17.8. The molecule has 3 rings (SSSR count). The van der Waals surface area contributed by atoms with Crippen molar-refractivity contribution in [2.45, 2.75) is 25.9 Å². The average Bonchev–Trinajstić information content (AvgIpc) is 3.20. The number of aromatic hydroxyl groups is 1. The smallest absolute Gasteiger partial charge is 0.331 e. The molecule has 0 aliphatic carbocycles. The van der Waals surface area contributed by atoms with Gasteiger partial charge in [0.15, 0.2) is 0 Å². The summed E-state index contributed by atoms with van der Waals surface area (Å²) >= 11 is 1.48. The van der Waals surface area contributed by atoms with Crippen molar-refractivity contribution in [3.8, 4) is 5.88 Å². The third-order valence-corrected chi connectivity index (χ3v) is 4.85. The molecule has 25 heavy (non-hydrogen) atoms. The summed E-state index contributed by atoms with van der Waals surface area (Å²) in [6.45, 7) is 4.94. The Balaban J connectivity index is 2.11. The summed E-state index contributed by atoms with van der Waals surface area (Å²) in [6.07, 6.45) is 1.69. The summed E-state index contributed by atoms with van der Waals surface area (Å²) in [5.41, 5.74) is -1.32. The summed E-state index contributed by atoms with van der Waals surface area (Å²) in [7, 11) is 0. The Morgan fingerprint density at radius 2 is 2.32 bits per heavy atom. The molecule has 2 aromatic heterocycles. The second-order valence-electron chi connectivity index (χ2n) is 5.50. The largest absolute Gasteiger partial charge is 0.494 e. The van der Waals surface area contributed by atoms with Gasteiger partial charge in [0.1, 0.15) is 5.56 Å². The van der Waals surface area contributed by atoms with Crippen LogP contribution in [0.5, 0.6) is 5.88 Å². The second-order valence-corrected chi connectivity index (χ2v) is 6.48. The van der Waals surface area contributed by atoms with E-state index in [-0.39, 0.29) is 36.2 Å². The van der Waals surface area contributed by atoms with Gasteiger partial charge in [0.2, 0.25) is 11.8 Å². The number of hydrazone groups is 1. The van der Waals surface area contributed by atoms with Crippen LogP contribution in [0.3, 0.4) is 0 Å². The van der Waals surface area contributed by atoms with Crippen molar-refractivity contribution in [2.24, 2.45) is 5.10 Å². The maximum atomic E-state index is 12.2. The van der Waals surface area contributed by atoms with Crippen LogP contribution < -0.4 is 11.2 Å². The Labute approximate surface area is 146 Å². The quantitative estimate of drug-likeness (QED) is 0.798. The number of carbonyl (C=O) groups excluding carboxylic acids is 1. The third kappa shape index (κ3) is 2.93. The van der Waals surface area contributed by atoms with Gasteiger partial charge in [0.05, 0.1) is 11.8 Å². The highest BCUT2D eigenvalue weighted by molar-refractivity contribution is 7.10. The first-order valence-electron chi connectivity index (χ1n) is 7.52. The number of thiophene rings is 1. The topological polar surface area (TPSA) is 108 Å². The van der Waals surface area contributed by atoms with E-state index in [1.807, 2.05) is 17.5 Å². The minimum Gasteiger partial charge on any atom is -0.494 e. The molecular formula is C16H16N4O4S. The van der Waals surface area contributed by atoms with Gasteiger partial charge in [0, 0.05) is 24.8 Å². The number of rotatable bonds is 4. The molecule has 2 N–H and O–H groups in total. The molecule has 0 bridgehead atoms. The number of carbonyl (C=O) groups is 1. The van der Waals surface area contributed by atoms with Gasteiger partial charge >= 0.3 is 5.69 Å². The van der Waals surface area contributed by atoms with Gasteiger partial charge in [0.25, 0.3) is 5.56 Å². The van der Waals surface area contributed by atoms with E-state index in [0.29, 0.717) is 0 Å². The number of hydrogen-bond donors (Lipinski definition) is 2. The number of H-pyrrole nitrogens is 1. The molecule has 0 aromatic carbocycles. The normalized spacial score (nSPS) is 16.8. The summed E-state index contributed by atoms with van der Waals surface area (Å²) < 4.78 is 0.989. The number of allylic oxidation sites excluding steroid dienone is 1. The fourth-order valence-corrected chi connectivity index (χ4v) is 3.58. The van der Waals surface area contributed by atoms with E-state index in [9.17, 15) is 19.5 Å². The predicted octanol–water partition coefficient (Wildman–Crippen LogP) is 1.19. The second kappa shape index (κ2) is 6.52. The lowest BCUT2D eigenvalue weighted by Crippen LogP contribution is -2.33. The molecule has 3 heterocycles. The van der Waals surface area contributed by atoms with Gasteiger partial charge in [-0.2, -0.15) is 5.10 Å². The first kappa shape index (κ1) is 16.9. The standard InChI is InChI=1S/C16H16N4O4S/c1-3-6-19-15(23)13(14(22)17-16(19)24)10-8-11(12-5-4-7-25-12)20(18-10)9(2)21/h3-5,7,11,23H,1,6,8H2,2H3,(H,17,22,24)/t11-/m0/s1. The Hall–Kier alpha value is -2.94. The van der Waals surface area contributed by atoms with Crippen LogP contribution in [0.15, 0.2) is 44.9 Å². The van der Waals surface area contributed by atoms with Gasteiger partial charge in [-0.3, -0.25) is 19.1 Å². The van der Waals surface area contributed by atoms with Crippen LogP contribution >= 0.6 is 11.3 Å². The van der Waals surface area contributed by atoms with Crippen LogP contribution in [0.4, 0.5) is 0 Å². The minimum atomic E-state index is -0.739. The molecule has 0 radical (unpaired) electrons. The molecule has 0 saturated carbocycles. The first-order chi connectivity index (χ1) is 11.9. The summed E-state index contributed by atoms with van der Waals surface area (Å²) in [5.74, 6) is -0.758. The zero-order valence-electron chi connectivity index (χ0n) is 13.4. The lowest BCUT2D eigenvalue weighted by Gasteiger charge is -2.18. The highest BCUT2D eigenvalue weighted by Gasteiger charge is 2.34. The van der Waals surface area contributed by atoms with E-state index in [1.54, 1.807) is 0 Å². The number of nitrogens with zero attached hydrogens (tertiary/aromatic N) is 3. The molecule has 130 valence electrons. The molecule has 0 unspecified atom stereocenters. The maximum Gasteiger partial charge on any atom is 0.331 e. The molecule has 1 aliphatic rings. The van der Waals surface area contributed by atoms with Crippen molar-refractivity contribution < 1.29 is 9.90 Å². The van der Waals surface area contributed by atoms with Crippen LogP contribution in [-0.4, -0.2) is 31.3 Å². The molecule has 2 aromatic rings. The van der Waals surface area contributed by atoms with Crippen LogP contribution in [0.2, 0.25) is 0 Å². The van der Waals surface area contributed by atoms with Crippen LogP contribution in [0.1, 0.15) is 29.8 Å². The first-order valence-corrected chi connectivity index (χ1v) is 8.40. The van der Waals surface area contributed by atoms with Gasteiger partial charge < -0.3 is 5.11 Å². The number of nitrogens with one attached hydrogen (secondary N) is 1. The summed E-state index contributed by atoms with van der Waals surface area (Å²) in [6, 6.07) is 3.41.